The fraction of sp³-hybridized carbons (Fsp3) is 0.0769. The van der Waals surface area contributed by atoms with Gasteiger partial charge >= 0.3 is 6.09 Å². The lowest BCUT2D eigenvalue weighted by molar-refractivity contribution is 0.215. The summed E-state index contributed by atoms with van der Waals surface area (Å²) in [5.41, 5.74) is 1.72. The van der Waals surface area contributed by atoms with Crippen molar-refractivity contribution in [3.05, 3.63) is 54.4 Å². The van der Waals surface area contributed by atoms with E-state index in [1.54, 1.807) is 18.3 Å². The zero-order valence-corrected chi connectivity index (χ0v) is 9.38. The van der Waals surface area contributed by atoms with Crippen molar-refractivity contribution in [1.82, 2.24) is 4.98 Å². The number of para-hydroxylation sites is 1. The van der Waals surface area contributed by atoms with Crippen molar-refractivity contribution in [2.75, 3.05) is 5.32 Å². The molecule has 2 aromatic rings. The van der Waals surface area contributed by atoms with Crippen molar-refractivity contribution in [2.45, 2.75) is 6.92 Å². The third kappa shape index (κ3) is 3.04. The van der Waals surface area contributed by atoms with Gasteiger partial charge in [-0.15, -0.1) is 0 Å². The van der Waals surface area contributed by atoms with E-state index in [0.717, 1.165) is 11.3 Å². The first-order valence-corrected chi connectivity index (χ1v) is 5.20. The number of aryl methyl sites for hydroxylation is 1. The molecular formula is C13H12N2O2. The lowest BCUT2D eigenvalue weighted by atomic mass is 10.2. The SMILES string of the molecule is Cc1ccccc1NC(=O)Oc1cccnc1. The number of carbonyl (C=O) groups is 1. The van der Waals surface area contributed by atoms with Gasteiger partial charge < -0.3 is 4.74 Å². The Morgan fingerprint density at radius 1 is 1.24 bits per heavy atom. The topological polar surface area (TPSA) is 51.2 Å². The maximum Gasteiger partial charge on any atom is 0.417 e. The van der Waals surface area contributed by atoms with E-state index in [1.165, 1.54) is 6.20 Å². The maximum atomic E-state index is 11.6. The van der Waals surface area contributed by atoms with Gasteiger partial charge in [0, 0.05) is 11.9 Å². The first-order chi connectivity index (χ1) is 8.25. The predicted octanol–water partition coefficient (Wildman–Crippen LogP) is 3.00. The molecule has 17 heavy (non-hydrogen) atoms. The summed E-state index contributed by atoms with van der Waals surface area (Å²) in [6, 6.07) is 10.9. The molecule has 0 spiro atoms. The monoisotopic (exact) mass is 228 g/mol. The van der Waals surface area contributed by atoms with Crippen LogP contribution in [0.3, 0.4) is 0 Å². The first-order valence-electron chi connectivity index (χ1n) is 5.20. The molecule has 1 N–H and O–H groups in total. The summed E-state index contributed by atoms with van der Waals surface area (Å²) in [7, 11) is 0. The third-order valence-electron chi connectivity index (χ3n) is 2.23. The minimum atomic E-state index is -0.521. The smallest absolute Gasteiger partial charge is 0.408 e. The Hall–Kier alpha value is -2.36. The van der Waals surface area contributed by atoms with Crippen molar-refractivity contribution in [3.63, 3.8) is 0 Å². The molecule has 0 bridgehead atoms. The van der Waals surface area contributed by atoms with Crippen molar-refractivity contribution in [2.24, 2.45) is 0 Å². The highest BCUT2D eigenvalue weighted by Gasteiger charge is 2.06. The van der Waals surface area contributed by atoms with E-state index < -0.39 is 6.09 Å². The zero-order chi connectivity index (χ0) is 12.1. The van der Waals surface area contributed by atoms with Crippen LogP contribution in [0.15, 0.2) is 48.8 Å². The van der Waals surface area contributed by atoms with Crippen molar-refractivity contribution < 1.29 is 9.53 Å². The van der Waals surface area contributed by atoms with Gasteiger partial charge in [0.15, 0.2) is 5.75 Å². The largest absolute Gasteiger partial charge is 0.417 e. The molecule has 0 atom stereocenters. The molecule has 0 aliphatic carbocycles. The highest BCUT2D eigenvalue weighted by molar-refractivity contribution is 5.87. The number of rotatable bonds is 2. The Kier molecular flexibility index (Phi) is 3.35. The summed E-state index contributed by atoms with van der Waals surface area (Å²) < 4.78 is 5.06. The Balaban J connectivity index is 2.01. The molecule has 1 aromatic heterocycles. The van der Waals surface area contributed by atoms with Gasteiger partial charge in [-0.05, 0) is 30.7 Å². The second kappa shape index (κ2) is 5.12. The summed E-state index contributed by atoms with van der Waals surface area (Å²) in [5.74, 6) is 0.415. The van der Waals surface area contributed by atoms with Crippen LogP contribution in [0.5, 0.6) is 5.75 Å². The summed E-state index contributed by atoms with van der Waals surface area (Å²) in [6.45, 7) is 1.92. The normalized spacial score (nSPS) is 9.71. The van der Waals surface area contributed by atoms with Crippen molar-refractivity contribution in [1.29, 1.82) is 0 Å². The number of hydrogen-bond donors (Lipinski definition) is 1. The number of benzene rings is 1. The summed E-state index contributed by atoms with van der Waals surface area (Å²) in [4.78, 5) is 15.4. The lowest BCUT2D eigenvalue weighted by Gasteiger charge is -2.08. The predicted molar refractivity (Wildman–Crippen MR) is 65.1 cm³/mol. The van der Waals surface area contributed by atoms with Crippen LogP contribution in [-0.2, 0) is 0 Å². The van der Waals surface area contributed by atoms with Crippen LogP contribution in [0.25, 0.3) is 0 Å². The van der Waals surface area contributed by atoms with Gasteiger partial charge in [-0.25, -0.2) is 4.79 Å². The van der Waals surface area contributed by atoms with Gasteiger partial charge in [0.25, 0.3) is 0 Å². The van der Waals surface area contributed by atoms with Crippen molar-refractivity contribution >= 4 is 11.8 Å². The molecule has 0 aliphatic rings. The van der Waals surface area contributed by atoms with E-state index >= 15 is 0 Å². The number of nitrogens with zero attached hydrogens (tertiary/aromatic N) is 1. The highest BCUT2D eigenvalue weighted by atomic mass is 16.6. The minimum absolute atomic E-state index is 0.415. The summed E-state index contributed by atoms with van der Waals surface area (Å²) in [6.07, 6.45) is 2.58. The number of aromatic nitrogens is 1. The molecule has 86 valence electrons. The number of amides is 1. The van der Waals surface area contributed by atoms with Crippen LogP contribution in [0.4, 0.5) is 10.5 Å². The Labute approximate surface area is 99.3 Å². The molecule has 4 heteroatoms. The molecule has 4 nitrogen and oxygen atoms in total. The second-order valence-corrected chi connectivity index (χ2v) is 3.52. The number of hydrogen-bond acceptors (Lipinski definition) is 3. The fourth-order valence-corrected chi connectivity index (χ4v) is 1.36. The number of ether oxygens (including phenoxy) is 1. The molecular weight excluding hydrogens is 216 g/mol. The van der Waals surface area contributed by atoms with Gasteiger partial charge in [0.05, 0.1) is 6.20 Å². The fourth-order valence-electron chi connectivity index (χ4n) is 1.36. The average Bonchev–Trinajstić information content (AvgIpc) is 2.33. The second-order valence-electron chi connectivity index (χ2n) is 3.52. The summed E-state index contributed by atoms with van der Waals surface area (Å²) in [5, 5.41) is 2.67. The van der Waals surface area contributed by atoms with Crippen LogP contribution >= 0.6 is 0 Å². The number of anilines is 1. The van der Waals surface area contributed by atoms with E-state index in [-0.39, 0.29) is 0 Å². The molecule has 0 radical (unpaired) electrons. The number of pyridine rings is 1. The molecule has 0 saturated carbocycles. The number of carbonyl (C=O) groups excluding carboxylic acids is 1. The summed E-state index contributed by atoms with van der Waals surface area (Å²) >= 11 is 0. The molecule has 0 fully saturated rings. The van der Waals surface area contributed by atoms with Crippen LogP contribution in [0.2, 0.25) is 0 Å². The molecule has 1 heterocycles. The third-order valence-corrected chi connectivity index (χ3v) is 2.23. The molecule has 1 aromatic carbocycles. The standard InChI is InChI=1S/C13H12N2O2/c1-10-5-2-3-7-12(10)15-13(16)17-11-6-4-8-14-9-11/h2-9H,1H3,(H,15,16). The van der Waals surface area contributed by atoms with E-state index in [4.69, 9.17) is 4.74 Å². The van der Waals surface area contributed by atoms with E-state index in [9.17, 15) is 4.79 Å². The number of nitrogens with one attached hydrogen (secondary N) is 1. The Morgan fingerprint density at radius 3 is 2.76 bits per heavy atom. The van der Waals surface area contributed by atoms with Gasteiger partial charge in [0.1, 0.15) is 0 Å². The molecule has 0 aliphatic heterocycles. The Bertz CT molecular complexity index is 512. The average molecular weight is 228 g/mol. The van der Waals surface area contributed by atoms with Gasteiger partial charge in [-0.1, -0.05) is 18.2 Å². The van der Waals surface area contributed by atoms with Gasteiger partial charge in [-0.2, -0.15) is 0 Å². The molecule has 0 saturated heterocycles. The van der Waals surface area contributed by atoms with Gasteiger partial charge in [0.2, 0.25) is 0 Å². The van der Waals surface area contributed by atoms with Gasteiger partial charge in [-0.3, -0.25) is 10.3 Å². The van der Waals surface area contributed by atoms with E-state index in [2.05, 4.69) is 10.3 Å². The maximum absolute atomic E-state index is 11.6. The molecule has 0 unspecified atom stereocenters. The highest BCUT2D eigenvalue weighted by Crippen LogP contribution is 2.14. The van der Waals surface area contributed by atoms with Crippen molar-refractivity contribution in [3.8, 4) is 5.75 Å². The Morgan fingerprint density at radius 2 is 2.06 bits per heavy atom. The molecule has 1 amide bonds. The van der Waals surface area contributed by atoms with Crippen LogP contribution in [0.1, 0.15) is 5.56 Å². The lowest BCUT2D eigenvalue weighted by Crippen LogP contribution is -2.17. The molecule has 2 rings (SSSR count). The quantitative estimate of drug-likeness (QED) is 0.859. The van der Waals surface area contributed by atoms with Crippen LogP contribution in [-0.4, -0.2) is 11.1 Å². The first kappa shape index (κ1) is 11.1. The van der Waals surface area contributed by atoms with E-state index in [1.807, 2.05) is 31.2 Å². The minimum Gasteiger partial charge on any atom is -0.408 e. The zero-order valence-electron chi connectivity index (χ0n) is 9.38. The van der Waals surface area contributed by atoms with Crippen LogP contribution in [0, 0.1) is 6.92 Å². The van der Waals surface area contributed by atoms with E-state index in [0.29, 0.717) is 5.75 Å². The van der Waals surface area contributed by atoms with Crippen LogP contribution < -0.4 is 10.1 Å².